The lowest BCUT2D eigenvalue weighted by molar-refractivity contribution is -0.125. The molecule has 0 unspecified atom stereocenters. The minimum absolute atomic E-state index is 0.0532. The standard InChI is InChI=1S/C17H28N4O3/c1-20-16(3-6-18-20)14-10-21(9-13-4-7-24-8-5-13)11-15(14)19-17(22)12-23-2/h3,6,13-15H,4-5,7-12H2,1-2H3,(H,19,22)/t14-,15-/m1/s1. The highest BCUT2D eigenvalue weighted by Gasteiger charge is 2.37. The zero-order chi connectivity index (χ0) is 16.9. The lowest BCUT2D eigenvalue weighted by Crippen LogP contribution is -2.42. The van der Waals surface area contributed by atoms with Gasteiger partial charge in [-0.1, -0.05) is 0 Å². The van der Waals surface area contributed by atoms with Crippen molar-refractivity contribution in [1.82, 2.24) is 20.0 Å². The van der Waals surface area contributed by atoms with Crippen molar-refractivity contribution in [1.29, 1.82) is 0 Å². The van der Waals surface area contributed by atoms with Gasteiger partial charge in [0.1, 0.15) is 6.61 Å². The Bertz CT molecular complexity index is 542. The number of nitrogens with one attached hydrogen (secondary N) is 1. The summed E-state index contributed by atoms with van der Waals surface area (Å²) < 4.78 is 12.3. The highest BCUT2D eigenvalue weighted by molar-refractivity contribution is 5.77. The quantitative estimate of drug-likeness (QED) is 0.813. The first-order valence-corrected chi connectivity index (χ1v) is 8.73. The smallest absolute Gasteiger partial charge is 0.246 e. The van der Waals surface area contributed by atoms with Gasteiger partial charge in [-0.25, -0.2) is 0 Å². The van der Waals surface area contributed by atoms with E-state index in [2.05, 4.69) is 21.4 Å². The summed E-state index contributed by atoms with van der Waals surface area (Å²) in [6.07, 6.45) is 4.09. The number of amides is 1. The van der Waals surface area contributed by atoms with Crippen molar-refractivity contribution >= 4 is 5.91 Å². The number of carbonyl (C=O) groups excluding carboxylic acids is 1. The highest BCUT2D eigenvalue weighted by Crippen LogP contribution is 2.29. The molecule has 2 atom stereocenters. The van der Waals surface area contributed by atoms with Crippen LogP contribution in [0.15, 0.2) is 12.3 Å². The first kappa shape index (κ1) is 17.4. The van der Waals surface area contributed by atoms with E-state index in [0.29, 0.717) is 5.92 Å². The summed E-state index contributed by atoms with van der Waals surface area (Å²) in [6, 6.07) is 2.15. The number of likely N-dealkylation sites (tertiary alicyclic amines) is 1. The number of nitrogens with zero attached hydrogens (tertiary/aromatic N) is 3. The van der Waals surface area contributed by atoms with Crippen LogP contribution >= 0.6 is 0 Å². The van der Waals surface area contributed by atoms with Gasteiger partial charge in [-0.3, -0.25) is 9.48 Å². The van der Waals surface area contributed by atoms with Crippen molar-refractivity contribution in [2.24, 2.45) is 13.0 Å². The first-order chi connectivity index (χ1) is 11.7. The van der Waals surface area contributed by atoms with Crippen molar-refractivity contribution in [3.63, 3.8) is 0 Å². The molecule has 134 valence electrons. The summed E-state index contributed by atoms with van der Waals surface area (Å²) >= 11 is 0. The zero-order valence-electron chi connectivity index (χ0n) is 14.6. The van der Waals surface area contributed by atoms with Crippen molar-refractivity contribution in [2.45, 2.75) is 24.8 Å². The second-order valence-corrected chi connectivity index (χ2v) is 6.87. The van der Waals surface area contributed by atoms with E-state index in [9.17, 15) is 4.79 Å². The van der Waals surface area contributed by atoms with E-state index in [-0.39, 0.29) is 24.5 Å². The number of aryl methyl sites for hydroxylation is 1. The number of aromatic nitrogens is 2. The topological polar surface area (TPSA) is 68.6 Å². The lowest BCUT2D eigenvalue weighted by Gasteiger charge is -2.27. The molecule has 3 rings (SSSR count). The zero-order valence-corrected chi connectivity index (χ0v) is 14.6. The summed E-state index contributed by atoms with van der Waals surface area (Å²) in [7, 11) is 3.51. The van der Waals surface area contributed by atoms with Gasteiger partial charge < -0.3 is 19.7 Å². The molecule has 7 heteroatoms. The molecule has 1 N–H and O–H groups in total. The van der Waals surface area contributed by atoms with Crippen LogP contribution in [0.25, 0.3) is 0 Å². The van der Waals surface area contributed by atoms with E-state index < -0.39 is 0 Å². The molecule has 0 spiro atoms. The molecule has 2 saturated heterocycles. The Morgan fingerprint density at radius 2 is 2.21 bits per heavy atom. The fraction of sp³-hybridized carbons (Fsp3) is 0.765. The van der Waals surface area contributed by atoms with E-state index >= 15 is 0 Å². The Hall–Kier alpha value is -1.44. The van der Waals surface area contributed by atoms with E-state index in [1.54, 1.807) is 7.11 Å². The third-order valence-electron chi connectivity index (χ3n) is 5.11. The van der Waals surface area contributed by atoms with Gasteiger partial charge in [0.05, 0.1) is 6.04 Å². The Balaban J connectivity index is 1.66. The maximum atomic E-state index is 12.0. The SMILES string of the molecule is COCC(=O)N[C@@H]1CN(CC2CCOCC2)C[C@H]1c1ccnn1C. The van der Waals surface area contributed by atoms with E-state index in [0.717, 1.165) is 45.7 Å². The van der Waals surface area contributed by atoms with Gasteiger partial charge >= 0.3 is 0 Å². The molecule has 1 amide bonds. The summed E-state index contributed by atoms with van der Waals surface area (Å²) in [6.45, 7) is 4.76. The molecule has 0 bridgehead atoms. The van der Waals surface area contributed by atoms with Crippen molar-refractivity contribution < 1.29 is 14.3 Å². The Morgan fingerprint density at radius 1 is 1.42 bits per heavy atom. The maximum Gasteiger partial charge on any atom is 0.246 e. The van der Waals surface area contributed by atoms with Gasteiger partial charge in [-0.2, -0.15) is 5.10 Å². The number of hydrogen-bond acceptors (Lipinski definition) is 5. The molecule has 0 aliphatic carbocycles. The predicted molar refractivity (Wildman–Crippen MR) is 89.7 cm³/mol. The summed E-state index contributed by atoms with van der Waals surface area (Å²) in [5, 5.41) is 7.44. The normalized spacial score (nSPS) is 25.9. The minimum Gasteiger partial charge on any atom is -0.381 e. The van der Waals surface area contributed by atoms with Crippen LogP contribution in [-0.4, -0.2) is 73.2 Å². The fourth-order valence-corrected chi connectivity index (χ4v) is 3.90. The monoisotopic (exact) mass is 336 g/mol. The van der Waals surface area contributed by atoms with Gasteiger partial charge in [0, 0.05) is 64.8 Å². The third-order valence-corrected chi connectivity index (χ3v) is 5.11. The molecule has 2 aliphatic rings. The highest BCUT2D eigenvalue weighted by atomic mass is 16.5. The maximum absolute atomic E-state index is 12.0. The van der Waals surface area contributed by atoms with Gasteiger partial charge in [-0.05, 0) is 24.8 Å². The van der Waals surface area contributed by atoms with Crippen LogP contribution < -0.4 is 5.32 Å². The average Bonchev–Trinajstić information content (AvgIpc) is 3.14. The van der Waals surface area contributed by atoms with Crippen LogP contribution in [0.3, 0.4) is 0 Å². The first-order valence-electron chi connectivity index (χ1n) is 8.73. The molecule has 1 aromatic heterocycles. The van der Waals surface area contributed by atoms with Crippen molar-refractivity contribution in [3.8, 4) is 0 Å². The van der Waals surface area contributed by atoms with Crippen LogP contribution in [-0.2, 0) is 21.3 Å². The molecule has 0 radical (unpaired) electrons. The lowest BCUT2D eigenvalue weighted by atomic mass is 9.99. The van der Waals surface area contributed by atoms with Crippen molar-refractivity contribution in [3.05, 3.63) is 18.0 Å². The van der Waals surface area contributed by atoms with Gasteiger partial charge in [0.2, 0.25) is 5.91 Å². The van der Waals surface area contributed by atoms with Crippen LogP contribution in [0.2, 0.25) is 0 Å². The largest absolute Gasteiger partial charge is 0.381 e. The second kappa shape index (κ2) is 8.09. The predicted octanol–water partition coefficient (Wildman–Crippen LogP) is 0.377. The fourth-order valence-electron chi connectivity index (χ4n) is 3.90. The molecule has 24 heavy (non-hydrogen) atoms. The van der Waals surface area contributed by atoms with E-state index in [1.165, 1.54) is 5.69 Å². The average molecular weight is 336 g/mol. The second-order valence-electron chi connectivity index (χ2n) is 6.87. The number of ether oxygens (including phenoxy) is 2. The summed E-state index contributed by atoms with van der Waals surface area (Å²) in [4.78, 5) is 14.5. The minimum atomic E-state index is -0.0532. The molecule has 0 aromatic carbocycles. The molecule has 0 saturated carbocycles. The molecule has 1 aromatic rings. The van der Waals surface area contributed by atoms with Crippen molar-refractivity contribution in [2.75, 3.05) is 46.6 Å². The number of carbonyl (C=O) groups is 1. The molecular formula is C17H28N4O3. The Labute approximate surface area is 143 Å². The van der Waals surface area contributed by atoms with Crippen LogP contribution in [0.5, 0.6) is 0 Å². The Morgan fingerprint density at radius 3 is 2.88 bits per heavy atom. The molecule has 3 heterocycles. The van der Waals surface area contributed by atoms with Crippen LogP contribution in [0.4, 0.5) is 0 Å². The number of hydrogen-bond donors (Lipinski definition) is 1. The summed E-state index contributed by atoms with van der Waals surface area (Å²) in [5.41, 5.74) is 1.17. The summed E-state index contributed by atoms with van der Waals surface area (Å²) in [5.74, 6) is 0.903. The Kier molecular flexibility index (Phi) is 5.86. The van der Waals surface area contributed by atoms with Gasteiger partial charge in [0.25, 0.3) is 0 Å². The number of rotatable bonds is 6. The molecule has 7 nitrogen and oxygen atoms in total. The van der Waals surface area contributed by atoms with Gasteiger partial charge in [-0.15, -0.1) is 0 Å². The molecule has 2 fully saturated rings. The van der Waals surface area contributed by atoms with E-state index in [4.69, 9.17) is 9.47 Å². The number of methoxy groups -OCH3 is 1. The van der Waals surface area contributed by atoms with Crippen LogP contribution in [0, 0.1) is 5.92 Å². The van der Waals surface area contributed by atoms with Crippen LogP contribution in [0.1, 0.15) is 24.5 Å². The third kappa shape index (κ3) is 4.15. The molecule has 2 aliphatic heterocycles. The van der Waals surface area contributed by atoms with E-state index in [1.807, 2.05) is 17.9 Å². The van der Waals surface area contributed by atoms with Gasteiger partial charge in [0.15, 0.2) is 0 Å². The molecular weight excluding hydrogens is 308 g/mol.